The lowest BCUT2D eigenvalue weighted by molar-refractivity contribution is -0.206. The van der Waals surface area contributed by atoms with E-state index in [9.17, 15) is 85.8 Å². The molecule has 28 heteroatoms. The minimum absolute atomic E-state index is 0.0225. The second kappa shape index (κ2) is 67.6. The van der Waals surface area contributed by atoms with Crippen LogP contribution in [0, 0.1) is 23.3 Å². The Morgan fingerprint density at radius 2 is 0.500 bits per heavy atom. The van der Waals surface area contributed by atoms with Gasteiger partial charge in [-0.05, 0) is 210 Å². The first kappa shape index (κ1) is 122. The molecular weight excluding hydrogens is 1900 g/mol. The maximum atomic E-state index is 15.0. The normalized spacial score (nSPS) is 12.1. The summed E-state index contributed by atoms with van der Waals surface area (Å²) < 4.78 is 228. The molecule has 3 atom stereocenters. The second-order valence-electron chi connectivity index (χ2n) is 36.3. The molecule has 0 aliphatic heterocycles. The van der Waals surface area contributed by atoms with Gasteiger partial charge in [-0.3, -0.25) is 14.4 Å². The van der Waals surface area contributed by atoms with Crippen molar-refractivity contribution in [1.29, 1.82) is 0 Å². The summed E-state index contributed by atoms with van der Waals surface area (Å²) >= 11 is 0. The van der Waals surface area contributed by atoms with E-state index in [-0.39, 0.29) is 66.9 Å². The second-order valence-corrected chi connectivity index (χ2v) is 36.3. The summed E-state index contributed by atoms with van der Waals surface area (Å²) in [5.74, 6) is -8.55. The maximum absolute atomic E-state index is 15.0. The van der Waals surface area contributed by atoms with Gasteiger partial charge < -0.3 is 42.6 Å². The van der Waals surface area contributed by atoms with Crippen LogP contribution in [0.3, 0.4) is 0 Å². The number of ketones is 3. The number of unbranched alkanes of at least 4 members (excludes halogenated alkanes) is 28. The lowest BCUT2D eigenvalue weighted by atomic mass is 9.98. The van der Waals surface area contributed by atoms with Crippen molar-refractivity contribution in [3.05, 3.63) is 267 Å². The topological polar surface area (TPSA) is 185 Å². The summed E-state index contributed by atoms with van der Waals surface area (Å²) in [6.07, 6.45) is 12.6. The van der Waals surface area contributed by atoms with Crippen LogP contribution in [-0.4, -0.2) is 132 Å². The fraction of sp³-hybridized carbons (Fsp3) is 0.492. The van der Waals surface area contributed by atoms with Gasteiger partial charge in [-0.2, -0.15) is 39.5 Å². The van der Waals surface area contributed by atoms with E-state index in [4.69, 9.17) is 33.2 Å². The number of hydrogen-bond donors (Lipinski definition) is 0. The Balaban J connectivity index is 0.000000297. The predicted molar refractivity (Wildman–Crippen MR) is 545 cm³/mol. The Hall–Kier alpha value is -11.2. The molecule has 0 saturated heterocycles. The van der Waals surface area contributed by atoms with E-state index < -0.39 is 119 Å². The Kier molecular flexibility index (Phi) is 56.3. The van der Waals surface area contributed by atoms with Crippen LogP contribution in [0.2, 0.25) is 0 Å². The zero-order valence-electron chi connectivity index (χ0n) is 85.3. The van der Waals surface area contributed by atoms with Gasteiger partial charge in [0.2, 0.25) is 0 Å². The van der Waals surface area contributed by atoms with Crippen molar-refractivity contribution in [3.63, 3.8) is 0 Å². The van der Waals surface area contributed by atoms with Crippen molar-refractivity contribution in [1.82, 2.24) is 0 Å². The minimum Gasteiger partial charge on any atom is -0.494 e. The van der Waals surface area contributed by atoms with E-state index in [0.717, 1.165) is 78.0 Å². The fourth-order valence-corrected chi connectivity index (χ4v) is 16.1. The molecule has 9 aromatic carbocycles. The van der Waals surface area contributed by atoms with Gasteiger partial charge in [0.25, 0.3) is 0 Å². The molecule has 146 heavy (non-hydrogen) atoms. The van der Waals surface area contributed by atoms with Crippen LogP contribution in [-0.2, 0) is 28.4 Å². The van der Waals surface area contributed by atoms with Gasteiger partial charge in [0, 0.05) is 67.5 Å². The minimum atomic E-state index is -4.92. The van der Waals surface area contributed by atoms with Gasteiger partial charge in [-0.25, -0.2) is 31.9 Å². The molecule has 15 nitrogen and oxygen atoms in total. The van der Waals surface area contributed by atoms with Crippen LogP contribution in [0.1, 0.15) is 358 Å². The van der Waals surface area contributed by atoms with Crippen molar-refractivity contribution in [3.8, 4) is 50.6 Å². The van der Waals surface area contributed by atoms with Gasteiger partial charge in [0.15, 0.2) is 47.2 Å². The summed E-state index contributed by atoms with van der Waals surface area (Å²) in [4.78, 5) is 76.6. The summed E-state index contributed by atoms with van der Waals surface area (Å²) in [5, 5.41) is 0. The van der Waals surface area contributed by atoms with Gasteiger partial charge in [-0.15, -0.1) is 0 Å². The highest BCUT2D eigenvalue weighted by Crippen LogP contribution is 2.36. The molecule has 0 amide bonds. The summed E-state index contributed by atoms with van der Waals surface area (Å²) in [6, 6.07) is 49.1. The third-order valence-electron chi connectivity index (χ3n) is 24.7. The van der Waals surface area contributed by atoms with E-state index >= 15 is 0 Å². The molecule has 0 radical (unpaired) electrons. The van der Waals surface area contributed by atoms with Crippen LogP contribution >= 0.6 is 0 Å². The van der Waals surface area contributed by atoms with Crippen molar-refractivity contribution in [2.24, 2.45) is 0 Å². The lowest BCUT2D eigenvalue weighted by Gasteiger charge is -2.21. The molecule has 9 rings (SSSR count). The van der Waals surface area contributed by atoms with E-state index in [1.54, 1.807) is 56.3 Å². The summed E-state index contributed by atoms with van der Waals surface area (Å²) in [6.45, 7) is 16.3. The van der Waals surface area contributed by atoms with E-state index in [0.29, 0.717) is 112 Å². The zero-order chi connectivity index (χ0) is 106. The number of rotatable bonds is 67. The smallest absolute Gasteiger partial charge is 0.425 e. The number of benzene rings is 9. The van der Waals surface area contributed by atoms with Gasteiger partial charge in [0.1, 0.15) is 29.0 Å². The predicted octanol–water partition coefficient (Wildman–Crippen LogP) is 33.3. The lowest BCUT2D eigenvalue weighted by Crippen LogP contribution is -2.34. The summed E-state index contributed by atoms with van der Waals surface area (Å²) in [5.41, 5.74) is 3.26. The SMILES string of the molecule is CCCCCCCCCCCOc1ccc(-c2ccc(C(=O)c3cc(F)c(C(=O)OC(CCCCOCC)C(F)(F)F)cc3F)cc2)cc1F.CCCCCCCCCCCOc1ccc(-c2ccc(C(=O)c3ccc(C(=O)OC(CCCCCOCC)C(F)(F)F)cc3)cc2)cc1.CCCCCCCCCCCOc1ccc(-c2ccc(C(=O)c3ccc(C(=O)OC(CCCCOCC)C(F)(F)F)c(F)c3)cc2)cc1. The molecule has 9 aromatic rings. The van der Waals surface area contributed by atoms with Crippen molar-refractivity contribution < 1.29 is 128 Å². The van der Waals surface area contributed by atoms with Crippen molar-refractivity contribution in [2.45, 2.75) is 316 Å². The first-order valence-corrected chi connectivity index (χ1v) is 52.1. The third kappa shape index (κ3) is 44.8. The van der Waals surface area contributed by atoms with Crippen LogP contribution in [0.5, 0.6) is 17.2 Å². The number of carbonyl (C=O) groups is 6. The standard InChI is InChI=1S/C40H51F3O5.C39H46F6O5.C39H48F4O5/c1-3-5-6-7-8-9-10-11-15-30-47-36-27-25-32(26-28-36)31-17-19-33(20-18-31)38(44)34-21-23-35(24-22-34)39(45)48-37(40(41,42)43)16-13-12-14-29-46-4-2;1-3-5-6-7-8-9-10-11-13-23-49-35-21-20-29(24-34(35)42)27-16-18-28(19-17-27)37(46)30-25-33(41)31(26-32(30)40)38(47)50-36(39(43,44)45)15-12-14-22-48-4-2;1-3-5-6-7-8-9-10-11-13-27-47-33-23-20-30(21-24-33)29-16-18-31(19-17-29)37(44)32-22-25-34(35(40)28-32)38(45)48-36(39(41,42)43)15-12-14-26-46-4-2/h17-28,37H,3-16,29-30H2,1-2H3;16-21,24-26,36H,3-15,22-23H2,1-2H3;16-25,28,36H,3-15,26-27H2,1-2H3. The number of hydrogen-bond acceptors (Lipinski definition) is 15. The Morgan fingerprint density at radius 3 is 0.870 bits per heavy atom. The number of esters is 3. The number of alkyl halides is 9. The van der Waals surface area contributed by atoms with E-state index in [2.05, 4.69) is 30.2 Å². The highest BCUT2D eigenvalue weighted by Gasteiger charge is 2.45. The molecule has 0 saturated carbocycles. The van der Waals surface area contributed by atoms with Crippen molar-refractivity contribution in [2.75, 3.05) is 59.5 Å². The Bertz CT molecular complexity index is 5260. The monoisotopic (exact) mass is 2050 g/mol. The average molecular weight is 2050 g/mol. The van der Waals surface area contributed by atoms with Crippen LogP contribution in [0.4, 0.5) is 57.1 Å². The fourth-order valence-electron chi connectivity index (χ4n) is 16.1. The molecule has 0 heterocycles. The van der Waals surface area contributed by atoms with Gasteiger partial charge >= 0.3 is 36.4 Å². The largest absolute Gasteiger partial charge is 0.494 e. The van der Waals surface area contributed by atoms with E-state index in [1.165, 1.54) is 208 Å². The van der Waals surface area contributed by atoms with Gasteiger partial charge in [0.05, 0.1) is 42.1 Å². The third-order valence-corrected chi connectivity index (χ3v) is 24.7. The first-order chi connectivity index (χ1) is 70.3. The maximum Gasteiger partial charge on any atom is 0.425 e. The van der Waals surface area contributed by atoms with Crippen molar-refractivity contribution >= 4 is 35.3 Å². The molecule has 3 unspecified atom stereocenters. The Labute approximate surface area is 852 Å². The summed E-state index contributed by atoms with van der Waals surface area (Å²) in [7, 11) is 0. The highest BCUT2D eigenvalue weighted by molar-refractivity contribution is 6.11. The molecular formula is C118H145F13O15. The van der Waals surface area contributed by atoms with Gasteiger partial charge in [-0.1, -0.05) is 297 Å². The molecule has 0 aliphatic rings. The van der Waals surface area contributed by atoms with E-state index in [1.807, 2.05) is 67.6 Å². The number of carbonyl (C=O) groups excluding carboxylic acids is 6. The van der Waals surface area contributed by atoms with Crippen LogP contribution in [0.25, 0.3) is 33.4 Å². The molecule has 0 N–H and O–H groups in total. The molecule has 0 spiro atoms. The number of ether oxygens (including phenoxy) is 9. The van der Waals surface area contributed by atoms with Crippen LogP contribution in [0.15, 0.2) is 194 Å². The quantitative estimate of drug-likeness (QED) is 0.0115. The van der Waals surface area contributed by atoms with Crippen LogP contribution < -0.4 is 14.2 Å². The molecule has 798 valence electrons. The molecule has 0 fully saturated rings. The number of halogens is 13. The molecule has 0 bridgehead atoms. The first-order valence-electron chi connectivity index (χ1n) is 52.1. The molecule has 0 aromatic heterocycles. The Morgan fingerprint density at radius 1 is 0.233 bits per heavy atom. The zero-order valence-corrected chi connectivity index (χ0v) is 85.3. The average Bonchev–Trinajstić information content (AvgIpc) is 0.725. The molecule has 0 aliphatic carbocycles. The highest BCUT2D eigenvalue weighted by atomic mass is 19.4.